The third-order valence-electron chi connectivity index (χ3n) is 3.28. The highest BCUT2D eigenvalue weighted by Gasteiger charge is 2.48. The van der Waals surface area contributed by atoms with E-state index in [1.807, 2.05) is 13.8 Å². The molecule has 2 nitrogen and oxygen atoms in total. The number of rotatable bonds is 1. The van der Waals surface area contributed by atoms with Gasteiger partial charge in [0.15, 0.2) is 0 Å². The lowest BCUT2D eigenvalue weighted by molar-refractivity contribution is -0.133. The maximum absolute atomic E-state index is 11.7. The zero-order valence-corrected chi connectivity index (χ0v) is 8.29. The van der Waals surface area contributed by atoms with Crippen LogP contribution in [0.4, 0.5) is 0 Å². The number of likely N-dealkylation sites (tertiary alicyclic amines) is 1. The van der Waals surface area contributed by atoms with Crippen LogP contribution in [0.2, 0.25) is 0 Å². The molecule has 1 fully saturated rings. The predicted molar refractivity (Wildman–Crippen MR) is 49.5 cm³/mol. The SMILES string of the molecule is C=CN1C(=O)C(C)(C)C(C)C1C. The normalized spacial score (nSPS) is 34.0. The molecule has 1 amide bonds. The van der Waals surface area contributed by atoms with Crippen molar-refractivity contribution < 1.29 is 4.79 Å². The summed E-state index contributed by atoms with van der Waals surface area (Å²) in [5.74, 6) is 0.584. The molecule has 0 aliphatic carbocycles. The van der Waals surface area contributed by atoms with Gasteiger partial charge in [-0.15, -0.1) is 0 Å². The summed E-state index contributed by atoms with van der Waals surface area (Å²) in [5, 5.41) is 0. The van der Waals surface area contributed by atoms with Crippen LogP contribution in [-0.4, -0.2) is 16.8 Å². The fourth-order valence-corrected chi connectivity index (χ4v) is 1.81. The molecular weight excluding hydrogens is 150 g/mol. The maximum atomic E-state index is 11.7. The van der Waals surface area contributed by atoms with Crippen LogP contribution in [0.15, 0.2) is 12.8 Å². The van der Waals surface area contributed by atoms with E-state index >= 15 is 0 Å². The van der Waals surface area contributed by atoms with Gasteiger partial charge in [0.2, 0.25) is 5.91 Å². The Balaban J connectivity index is 3.02. The van der Waals surface area contributed by atoms with Crippen molar-refractivity contribution in [1.82, 2.24) is 4.90 Å². The summed E-state index contributed by atoms with van der Waals surface area (Å²) in [6, 6.07) is 0.282. The second kappa shape index (κ2) is 2.61. The first kappa shape index (κ1) is 9.30. The number of nitrogens with zero attached hydrogens (tertiary/aromatic N) is 1. The summed E-state index contributed by atoms with van der Waals surface area (Å²) in [6.45, 7) is 11.8. The fourth-order valence-electron chi connectivity index (χ4n) is 1.81. The summed E-state index contributed by atoms with van der Waals surface area (Å²) < 4.78 is 0. The third-order valence-corrected chi connectivity index (χ3v) is 3.28. The highest BCUT2D eigenvalue weighted by Crippen LogP contribution is 2.40. The molecule has 0 radical (unpaired) electrons. The third kappa shape index (κ3) is 0.977. The van der Waals surface area contributed by atoms with Crippen molar-refractivity contribution in [1.29, 1.82) is 0 Å². The number of carbonyl (C=O) groups excluding carboxylic acids is 1. The van der Waals surface area contributed by atoms with Crippen LogP contribution in [0.3, 0.4) is 0 Å². The molecule has 0 aromatic heterocycles. The molecule has 2 heteroatoms. The highest BCUT2D eigenvalue weighted by atomic mass is 16.2. The van der Waals surface area contributed by atoms with Crippen molar-refractivity contribution in [3.63, 3.8) is 0 Å². The molecule has 2 atom stereocenters. The number of carbonyl (C=O) groups is 1. The molecule has 1 rings (SSSR count). The van der Waals surface area contributed by atoms with Gasteiger partial charge < -0.3 is 4.90 Å². The van der Waals surface area contributed by atoms with Crippen LogP contribution in [0.25, 0.3) is 0 Å². The van der Waals surface area contributed by atoms with E-state index in [1.165, 1.54) is 0 Å². The quantitative estimate of drug-likeness (QED) is 0.585. The zero-order valence-electron chi connectivity index (χ0n) is 8.29. The Labute approximate surface area is 74.2 Å². The molecule has 1 aliphatic rings. The Kier molecular flexibility index (Phi) is 2.02. The molecule has 1 aliphatic heterocycles. The minimum atomic E-state index is -0.229. The van der Waals surface area contributed by atoms with Crippen LogP contribution >= 0.6 is 0 Å². The molecule has 0 aromatic carbocycles. The average molecular weight is 167 g/mol. The topological polar surface area (TPSA) is 20.3 Å². The lowest BCUT2D eigenvalue weighted by Gasteiger charge is -2.20. The van der Waals surface area contributed by atoms with Gasteiger partial charge in [0.05, 0.1) is 0 Å². The highest BCUT2D eigenvalue weighted by molar-refractivity contribution is 5.85. The fraction of sp³-hybridized carbons (Fsp3) is 0.700. The molecule has 0 bridgehead atoms. The minimum absolute atomic E-state index is 0.192. The molecule has 1 saturated heterocycles. The van der Waals surface area contributed by atoms with Crippen molar-refractivity contribution in [3.8, 4) is 0 Å². The molecule has 1 heterocycles. The van der Waals surface area contributed by atoms with Gasteiger partial charge in [-0.2, -0.15) is 0 Å². The Bertz CT molecular complexity index is 220. The summed E-state index contributed by atoms with van der Waals surface area (Å²) in [5.41, 5.74) is -0.229. The van der Waals surface area contributed by atoms with Gasteiger partial charge >= 0.3 is 0 Å². The monoisotopic (exact) mass is 167 g/mol. The van der Waals surface area contributed by atoms with Crippen LogP contribution in [0.1, 0.15) is 27.7 Å². The Morgan fingerprint density at radius 1 is 1.50 bits per heavy atom. The number of amides is 1. The lowest BCUT2D eigenvalue weighted by Crippen LogP contribution is -2.29. The average Bonchev–Trinajstić information content (AvgIpc) is 2.15. The Hall–Kier alpha value is -0.790. The minimum Gasteiger partial charge on any atom is -0.316 e. The second-order valence-electron chi connectivity index (χ2n) is 4.15. The van der Waals surface area contributed by atoms with E-state index in [4.69, 9.17) is 0 Å². The summed E-state index contributed by atoms with van der Waals surface area (Å²) in [4.78, 5) is 13.5. The van der Waals surface area contributed by atoms with E-state index in [0.717, 1.165) is 0 Å². The first-order valence-corrected chi connectivity index (χ1v) is 4.38. The van der Waals surface area contributed by atoms with Crippen molar-refractivity contribution >= 4 is 5.91 Å². The largest absolute Gasteiger partial charge is 0.316 e. The van der Waals surface area contributed by atoms with Crippen molar-refractivity contribution in [2.24, 2.45) is 11.3 Å². The Morgan fingerprint density at radius 2 is 2.00 bits per heavy atom. The summed E-state index contributed by atoms with van der Waals surface area (Å²) in [7, 11) is 0. The van der Waals surface area contributed by atoms with Crippen LogP contribution < -0.4 is 0 Å². The molecule has 0 spiro atoms. The van der Waals surface area contributed by atoms with Crippen LogP contribution in [0, 0.1) is 11.3 Å². The van der Waals surface area contributed by atoms with Crippen molar-refractivity contribution in [2.75, 3.05) is 0 Å². The van der Waals surface area contributed by atoms with Gasteiger partial charge in [0, 0.05) is 11.5 Å². The van der Waals surface area contributed by atoms with Crippen LogP contribution in [0.5, 0.6) is 0 Å². The standard InChI is InChI=1S/C10H17NO/c1-6-11-8(3)7(2)10(4,5)9(11)12/h6-8H,1H2,2-5H3. The molecular formula is C10H17NO. The van der Waals surface area contributed by atoms with Gasteiger partial charge in [0.1, 0.15) is 0 Å². The molecule has 0 N–H and O–H groups in total. The van der Waals surface area contributed by atoms with Gasteiger partial charge in [-0.05, 0) is 19.0 Å². The number of hydrogen-bond acceptors (Lipinski definition) is 1. The van der Waals surface area contributed by atoms with E-state index in [1.54, 1.807) is 11.1 Å². The Morgan fingerprint density at radius 3 is 2.17 bits per heavy atom. The first-order valence-electron chi connectivity index (χ1n) is 4.38. The van der Waals surface area contributed by atoms with Crippen LogP contribution in [-0.2, 0) is 4.79 Å². The van der Waals surface area contributed by atoms with Crippen molar-refractivity contribution in [3.05, 3.63) is 12.8 Å². The van der Waals surface area contributed by atoms with Gasteiger partial charge in [0.25, 0.3) is 0 Å². The van der Waals surface area contributed by atoms with Gasteiger partial charge in [-0.1, -0.05) is 27.4 Å². The lowest BCUT2D eigenvalue weighted by atomic mass is 9.80. The van der Waals surface area contributed by atoms with E-state index in [-0.39, 0.29) is 17.4 Å². The first-order chi connectivity index (χ1) is 5.42. The van der Waals surface area contributed by atoms with E-state index in [9.17, 15) is 4.79 Å². The smallest absolute Gasteiger partial charge is 0.232 e. The molecule has 0 saturated carbocycles. The van der Waals surface area contributed by atoms with E-state index < -0.39 is 0 Å². The predicted octanol–water partition coefficient (Wildman–Crippen LogP) is 2.02. The maximum Gasteiger partial charge on any atom is 0.232 e. The van der Waals surface area contributed by atoms with Crippen molar-refractivity contribution in [2.45, 2.75) is 33.7 Å². The molecule has 12 heavy (non-hydrogen) atoms. The summed E-state index contributed by atoms with van der Waals surface area (Å²) in [6.07, 6.45) is 1.64. The van der Waals surface area contributed by atoms with E-state index in [2.05, 4.69) is 20.4 Å². The van der Waals surface area contributed by atoms with Gasteiger partial charge in [-0.3, -0.25) is 4.79 Å². The molecule has 68 valence electrons. The van der Waals surface area contributed by atoms with Gasteiger partial charge in [-0.25, -0.2) is 0 Å². The molecule has 0 aromatic rings. The van der Waals surface area contributed by atoms with E-state index in [0.29, 0.717) is 5.92 Å². The zero-order chi connectivity index (χ0) is 9.52. The number of hydrogen-bond donors (Lipinski definition) is 0. The molecule has 2 unspecified atom stereocenters. The summed E-state index contributed by atoms with van der Waals surface area (Å²) >= 11 is 0. The second-order valence-corrected chi connectivity index (χ2v) is 4.15.